The Labute approximate surface area is 106 Å². The molecule has 0 radical (unpaired) electrons. The molecule has 1 aromatic carbocycles. The summed E-state index contributed by atoms with van der Waals surface area (Å²) in [5, 5.41) is 9.56. The van der Waals surface area contributed by atoms with Gasteiger partial charge in [0.25, 0.3) is 10.1 Å². The summed E-state index contributed by atoms with van der Waals surface area (Å²) >= 11 is 5.46. The molecule has 0 aliphatic carbocycles. The first-order chi connectivity index (χ1) is 7.77. The van der Waals surface area contributed by atoms with Crippen LogP contribution in [0.1, 0.15) is 12.5 Å². The van der Waals surface area contributed by atoms with Crippen LogP contribution in [0.25, 0.3) is 0 Å². The molecule has 1 N–H and O–H groups in total. The molecular formula is C11H15ClO4S. The Balaban J connectivity index is 2.79. The molecule has 1 aromatic rings. The largest absolute Gasteiger partial charge is 0.386 e. The first kappa shape index (κ1) is 14.4. The number of aryl methyl sites for hydroxylation is 1. The zero-order chi connectivity index (χ0) is 13.1. The van der Waals surface area contributed by atoms with Gasteiger partial charge < -0.3 is 5.11 Å². The fourth-order valence-corrected chi connectivity index (χ4v) is 2.11. The molecule has 17 heavy (non-hydrogen) atoms. The molecule has 1 rings (SSSR count). The molecule has 0 amide bonds. The van der Waals surface area contributed by atoms with E-state index in [1.807, 2.05) is 6.92 Å². The van der Waals surface area contributed by atoms with E-state index in [4.69, 9.17) is 15.8 Å². The van der Waals surface area contributed by atoms with Crippen LogP contribution in [0.4, 0.5) is 0 Å². The fourth-order valence-electron chi connectivity index (χ4n) is 1.02. The highest BCUT2D eigenvalue weighted by Gasteiger charge is 2.24. The van der Waals surface area contributed by atoms with Gasteiger partial charge in [-0.25, -0.2) is 0 Å². The molecule has 0 bridgehead atoms. The van der Waals surface area contributed by atoms with Gasteiger partial charge in [0.2, 0.25) is 0 Å². The summed E-state index contributed by atoms with van der Waals surface area (Å²) in [5.74, 6) is -0.101. The lowest BCUT2D eigenvalue weighted by atomic mass is 10.2. The van der Waals surface area contributed by atoms with E-state index in [-0.39, 0.29) is 17.4 Å². The summed E-state index contributed by atoms with van der Waals surface area (Å²) in [5.41, 5.74) is -0.407. The molecule has 0 fully saturated rings. The fraction of sp³-hybridized carbons (Fsp3) is 0.455. The predicted octanol–water partition coefficient (Wildman–Crippen LogP) is 1.69. The van der Waals surface area contributed by atoms with Crippen LogP contribution >= 0.6 is 11.6 Å². The number of aliphatic hydroxyl groups is 1. The zero-order valence-corrected chi connectivity index (χ0v) is 11.3. The van der Waals surface area contributed by atoms with E-state index in [0.717, 1.165) is 5.56 Å². The first-order valence-electron chi connectivity index (χ1n) is 5.01. The van der Waals surface area contributed by atoms with Gasteiger partial charge in [-0.15, -0.1) is 11.6 Å². The molecule has 0 aliphatic rings. The van der Waals surface area contributed by atoms with Crippen molar-refractivity contribution in [1.29, 1.82) is 0 Å². The highest BCUT2D eigenvalue weighted by molar-refractivity contribution is 7.86. The lowest BCUT2D eigenvalue weighted by molar-refractivity contribution is 0.0339. The summed E-state index contributed by atoms with van der Waals surface area (Å²) in [6.07, 6.45) is 0. The number of benzene rings is 1. The Morgan fingerprint density at radius 1 is 1.35 bits per heavy atom. The number of hydrogen-bond acceptors (Lipinski definition) is 4. The first-order valence-corrected chi connectivity index (χ1v) is 6.95. The lowest BCUT2D eigenvalue weighted by Gasteiger charge is -2.19. The van der Waals surface area contributed by atoms with Crippen molar-refractivity contribution in [2.75, 3.05) is 12.5 Å². The summed E-state index contributed by atoms with van der Waals surface area (Å²) in [7, 11) is -3.84. The Morgan fingerprint density at radius 3 is 2.35 bits per heavy atom. The van der Waals surface area contributed by atoms with Crippen molar-refractivity contribution in [3.8, 4) is 0 Å². The highest BCUT2D eigenvalue weighted by Crippen LogP contribution is 2.16. The van der Waals surface area contributed by atoms with Gasteiger partial charge >= 0.3 is 0 Å². The molecule has 0 aliphatic heterocycles. The highest BCUT2D eigenvalue weighted by atomic mass is 35.5. The van der Waals surface area contributed by atoms with Gasteiger partial charge in [0, 0.05) is 0 Å². The maximum absolute atomic E-state index is 11.7. The van der Waals surface area contributed by atoms with Crippen LogP contribution in [-0.4, -0.2) is 31.6 Å². The monoisotopic (exact) mass is 278 g/mol. The number of halogens is 1. The van der Waals surface area contributed by atoms with Crippen LogP contribution in [-0.2, 0) is 14.3 Å². The van der Waals surface area contributed by atoms with E-state index in [2.05, 4.69) is 0 Å². The van der Waals surface area contributed by atoms with Gasteiger partial charge in [-0.3, -0.25) is 4.18 Å². The quantitative estimate of drug-likeness (QED) is 0.658. The van der Waals surface area contributed by atoms with Crippen molar-refractivity contribution in [2.45, 2.75) is 24.3 Å². The Morgan fingerprint density at radius 2 is 1.88 bits per heavy atom. The molecule has 6 heteroatoms. The van der Waals surface area contributed by atoms with Crippen molar-refractivity contribution >= 4 is 21.7 Å². The van der Waals surface area contributed by atoms with E-state index in [9.17, 15) is 13.5 Å². The average molecular weight is 279 g/mol. The van der Waals surface area contributed by atoms with Crippen molar-refractivity contribution in [3.05, 3.63) is 29.8 Å². The lowest BCUT2D eigenvalue weighted by Crippen LogP contribution is -2.33. The van der Waals surface area contributed by atoms with Gasteiger partial charge in [-0.05, 0) is 26.0 Å². The molecule has 1 atom stereocenters. The van der Waals surface area contributed by atoms with Gasteiger partial charge in [0.1, 0.15) is 5.60 Å². The van der Waals surface area contributed by atoms with Crippen LogP contribution in [0.2, 0.25) is 0 Å². The van der Waals surface area contributed by atoms with Crippen LogP contribution in [0.15, 0.2) is 29.2 Å². The third-order valence-corrected chi connectivity index (χ3v) is 3.98. The molecule has 0 unspecified atom stereocenters. The molecular weight excluding hydrogens is 264 g/mol. The van der Waals surface area contributed by atoms with E-state index < -0.39 is 15.7 Å². The van der Waals surface area contributed by atoms with E-state index in [1.165, 1.54) is 19.1 Å². The molecule has 0 aromatic heterocycles. The van der Waals surface area contributed by atoms with Gasteiger partial charge in [-0.1, -0.05) is 17.7 Å². The second kappa shape index (κ2) is 5.35. The molecule has 0 spiro atoms. The third-order valence-electron chi connectivity index (χ3n) is 2.12. The minimum Gasteiger partial charge on any atom is -0.386 e. The van der Waals surface area contributed by atoms with E-state index in [1.54, 1.807) is 12.1 Å². The summed E-state index contributed by atoms with van der Waals surface area (Å²) in [6.45, 7) is 2.90. The summed E-state index contributed by atoms with van der Waals surface area (Å²) < 4.78 is 28.2. The number of alkyl halides is 1. The molecule has 96 valence electrons. The van der Waals surface area contributed by atoms with Crippen LogP contribution in [0, 0.1) is 6.92 Å². The van der Waals surface area contributed by atoms with Crippen molar-refractivity contribution < 1.29 is 17.7 Å². The van der Waals surface area contributed by atoms with Gasteiger partial charge in [0.05, 0.1) is 17.4 Å². The molecule has 0 saturated heterocycles. The average Bonchev–Trinajstić information content (AvgIpc) is 2.27. The Kier molecular flexibility index (Phi) is 4.55. The zero-order valence-electron chi connectivity index (χ0n) is 9.68. The van der Waals surface area contributed by atoms with Crippen LogP contribution in [0.5, 0.6) is 0 Å². The molecule has 0 heterocycles. The van der Waals surface area contributed by atoms with Crippen LogP contribution in [0.3, 0.4) is 0 Å². The smallest absolute Gasteiger partial charge is 0.297 e. The third kappa shape index (κ3) is 4.27. The van der Waals surface area contributed by atoms with E-state index >= 15 is 0 Å². The van der Waals surface area contributed by atoms with E-state index in [0.29, 0.717) is 0 Å². The second-order valence-corrected chi connectivity index (χ2v) is 6.04. The number of hydrogen-bond donors (Lipinski definition) is 1. The summed E-state index contributed by atoms with van der Waals surface area (Å²) in [6, 6.07) is 6.27. The number of rotatable bonds is 5. The topological polar surface area (TPSA) is 63.6 Å². The SMILES string of the molecule is Cc1ccc(S(=O)(=O)OC[C@](C)(O)CCl)cc1. The Bertz CT molecular complexity index is 465. The maximum atomic E-state index is 11.7. The minimum absolute atomic E-state index is 0.0634. The predicted molar refractivity (Wildman–Crippen MR) is 65.7 cm³/mol. The molecule has 4 nitrogen and oxygen atoms in total. The van der Waals surface area contributed by atoms with Crippen molar-refractivity contribution in [3.63, 3.8) is 0 Å². The molecule has 0 saturated carbocycles. The Hall–Kier alpha value is -0.620. The summed E-state index contributed by atoms with van der Waals surface area (Å²) in [4.78, 5) is 0.0634. The minimum atomic E-state index is -3.84. The van der Waals surface area contributed by atoms with Crippen molar-refractivity contribution in [1.82, 2.24) is 0 Å². The maximum Gasteiger partial charge on any atom is 0.297 e. The second-order valence-electron chi connectivity index (χ2n) is 4.16. The van der Waals surface area contributed by atoms with Crippen LogP contribution < -0.4 is 0 Å². The van der Waals surface area contributed by atoms with Gasteiger partial charge in [-0.2, -0.15) is 8.42 Å². The van der Waals surface area contributed by atoms with Crippen molar-refractivity contribution in [2.24, 2.45) is 0 Å². The van der Waals surface area contributed by atoms with Gasteiger partial charge in [0.15, 0.2) is 0 Å². The normalized spacial score (nSPS) is 15.5. The standard InChI is InChI=1S/C11H15ClO4S/c1-9-3-5-10(6-4-9)17(14,15)16-8-11(2,13)7-12/h3-6,13H,7-8H2,1-2H3/t11-/m1/s1.